The van der Waals surface area contributed by atoms with Crippen LogP contribution >= 0.6 is 11.8 Å². The average Bonchev–Trinajstić information content (AvgIpc) is 2.85. The third-order valence-electron chi connectivity index (χ3n) is 3.83. The lowest BCUT2D eigenvalue weighted by molar-refractivity contribution is -0.126. The molecule has 19 heavy (non-hydrogen) atoms. The predicted molar refractivity (Wildman–Crippen MR) is 80.3 cm³/mol. The smallest absolute Gasteiger partial charge is 0.225 e. The zero-order chi connectivity index (χ0) is 13.8. The van der Waals surface area contributed by atoms with Crippen molar-refractivity contribution in [2.75, 3.05) is 19.3 Å². The van der Waals surface area contributed by atoms with Crippen molar-refractivity contribution in [1.82, 2.24) is 10.6 Å². The van der Waals surface area contributed by atoms with Gasteiger partial charge >= 0.3 is 0 Å². The average molecular weight is 278 g/mol. The molecule has 0 aliphatic carbocycles. The number of rotatable bonds is 4. The summed E-state index contributed by atoms with van der Waals surface area (Å²) < 4.78 is 0. The molecular weight excluding hydrogens is 256 g/mol. The summed E-state index contributed by atoms with van der Waals surface area (Å²) in [6, 6.07) is 8.45. The van der Waals surface area contributed by atoms with E-state index in [0.29, 0.717) is 5.92 Å². The highest BCUT2D eigenvalue weighted by molar-refractivity contribution is 7.98. The molecule has 1 aromatic carbocycles. The van der Waals surface area contributed by atoms with Crippen LogP contribution in [0.25, 0.3) is 0 Å². The van der Waals surface area contributed by atoms with E-state index in [1.165, 1.54) is 4.90 Å². The molecule has 1 aliphatic rings. The van der Waals surface area contributed by atoms with Crippen molar-refractivity contribution in [3.63, 3.8) is 0 Å². The van der Waals surface area contributed by atoms with E-state index in [1.54, 1.807) is 11.8 Å². The molecule has 2 rings (SSSR count). The number of hydrogen-bond acceptors (Lipinski definition) is 3. The Labute approximate surface area is 119 Å². The summed E-state index contributed by atoms with van der Waals surface area (Å²) in [7, 11) is 0. The number of benzene rings is 1. The molecule has 3 unspecified atom stereocenters. The third-order valence-corrected chi connectivity index (χ3v) is 4.57. The molecular formula is C15H22N2OS. The molecule has 1 saturated heterocycles. The Morgan fingerprint density at radius 3 is 2.58 bits per heavy atom. The van der Waals surface area contributed by atoms with Crippen LogP contribution < -0.4 is 10.6 Å². The Bertz CT molecular complexity index is 432. The van der Waals surface area contributed by atoms with Gasteiger partial charge in [0.25, 0.3) is 0 Å². The minimum Gasteiger partial charge on any atom is -0.349 e. The van der Waals surface area contributed by atoms with Crippen LogP contribution in [0.1, 0.15) is 25.5 Å². The maximum absolute atomic E-state index is 12.2. The van der Waals surface area contributed by atoms with E-state index >= 15 is 0 Å². The fraction of sp³-hybridized carbons (Fsp3) is 0.533. The molecule has 2 N–H and O–H groups in total. The number of thioether (sulfide) groups is 1. The van der Waals surface area contributed by atoms with E-state index in [0.717, 1.165) is 18.7 Å². The molecule has 4 heteroatoms. The fourth-order valence-corrected chi connectivity index (χ4v) is 2.87. The highest BCUT2D eigenvalue weighted by atomic mass is 32.2. The van der Waals surface area contributed by atoms with Crippen LogP contribution in [0.4, 0.5) is 0 Å². The van der Waals surface area contributed by atoms with Crippen LogP contribution in [0.3, 0.4) is 0 Å². The van der Waals surface area contributed by atoms with Gasteiger partial charge in [0.05, 0.1) is 12.0 Å². The SMILES string of the molecule is CSc1ccc(C(C)NC(=O)C2CNCC2C)cc1. The van der Waals surface area contributed by atoms with Crippen LogP contribution in [0, 0.1) is 11.8 Å². The summed E-state index contributed by atoms with van der Waals surface area (Å²) in [6.45, 7) is 5.90. The van der Waals surface area contributed by atoms with Crippen molar-refractivity contribution in [2.24, 2.45) is 11.8 Å². The molecule has 104 valence electrons. The van der Waals surface area contributed by atoms with E-state index < -0.39 is 0 Å². The molecule has 1 aliphatic heterocycles. The Kier molecular flexibility index (Phi) is 4.88. The van der Waals surface area contributed by atoms with Gasteiger partial charge in [0.15, 0.2) is 0 Å². The summed E-state index contributed by atoms with van der Waals surface area (Å²) in [5, 5.41) is 6.39. The number of nitrogens with one attached hydrogen (secondary N) is 2. The van der Waals surface area contributed by atoms with Crippen molar-refractivity contribution in [3.05, 3.63) is 29.8 Å². The molecule has 1 fully saturated rings. The Balaban J connectivity index is 1.95. The van der Waals surface area contributed by atoms with Crippen molar-refractivity contribution in [2.45, 2.75) is 24.8 Å². The van der Waals surface area contributed by atoms with Gasteiger partial charge in [-0.1, -0.05) is 19.1 Å². The zero-order valence-electron chi connectivity index (χ0n) is 11.8. The molecule has 0 radical (unpaired) electrons. The highest BCUT2D eigenvalue weighted by Crippen LogP contribution is 2.21. The first-order valence-electron chi connectivity index (χ1n) is 6.77. The van der Waals surface area contributed by atoms with Crippen molar-refractivity contribution in [1.29, 1.82) is 0 Å². The van der Waals surface area contributed by atoms with Crippen LogP contribution in [-0.4, -0.2) is 25.3 Å². The molecule has 1 aromatic rings. The van der Waals surface area contributed by atoms with Gasteiger partial charge in [0.2, 0.25) is 5.91 Å². The fourth-order valence-electron chi connectivity index (χ4n) is 2.46. The zero-order valence-corrected chi connectivity index (χ0v) is 12.6. The lowest BCUT2D eigenvalue weighted by Gasteiger charge is -2.19. The standard InChI is InChI=1S/C15H22N2OS/c1-10-8-16-9-14(10)15(18)17-11(2)12-4-6-13(19-3)7-5-12/h4-7,10-11,14,16H,8-9H2,1-3H3,(H,17,18). The van der Waals surface area contributed by atoms with Gasteiger partial charge in [-0.15, -0.1) is 11.8 Å². The maximum atomic E-state index is 12.2. The van der Waals surface area contributed by atoms with Gasteiger partial charge in [-0.05, 0) is 43.3 Å². The summed E-state index contributed by atoms with van der Waals surface area (Å²) in [4.78, 5) is 13.5. The van der Waals surface area contributed by atoms with E-state index in [4.69, 9.17) is 0 Å². The number of hydrogen-bond donors (Lipinski definition) is 2. The van der Waals surface area contributed by atoms with Crippen LogP contribution in [0.2, 0.25) is 0 Å². The van der Waals surface area contributed by atoms with E-state index in [2.05, 4.69) is 48.1 Å². The van der Waals surface area contributed by atoms with Gasteiger partial charge in [0.1, 0.15) is 0 Å². The van der Waals surface area contributed by atoms with E-state index in [9.17, 15) is 4.79 Å². The molecule has 0 bridgehead atoms. The Morgan fingerprint density at radius 2 is 2.05 bits per heavy atom. The van der Waals surface area contributed by atoms with Gasteiger partial charge in [-0.3, -0.25) is 4.79 Å². The topological polar surface area (TPSA) is 41.1 Å². The maximum Gasteiger partial charge on any atom is 0.225 e. The molecule has 0 saturated carbocycles. The monoisotopic (exact) mass is 278 g/mol. The van der Waals surface area contributed by atoms with Gasteiger partial charge < -0.3 is 10.6 Å². The highest BCUT2D eigenvalue weighted by Gasteiger charge is 2.30. The summed E-state index contributed by atoms with van der Waals surface area (Å²) in [5.74, 6) is 0.693. The van der Waals surface area contributed by atoms with Crippen LogP contribution in [-0.2, 0) is 4.79 Å². The van der Waals surface area contributed by atoms with Crippen molar-refractivity contribution >= 4 is 17.7 Å². The Morgan fingerprint density at radius 1 is 1.37 bits per heavy atom. The molecule has 0 aromatic heterocycles. The van der Waals surface area contributed by atoms with Crippen molar-refractivity contribution < 1.29 is 4.79 Å². The van der Waals surface area contributed by atoms with E-state index in [-0.39, 0.29) is 17.9 Å². The summed E-state index contributed by atoms with van der Waals surface area (Å²) in [5.41, 5.74) is 1.16. The lowest BCUT2D eigenvalue weighted by Crippen LogP contribution is -2.35. The molecule has 1 amide bonds. The minimum absolute atomic E-state index is 0.0659. The molecule has 0 spiro atoms. The van der Waals surface area contributed by atoms with Crippen molar-refractivity contribution in [3.8, 4) is 0 Å². The quantitative estimate of drug-likeness (QED) is 0.831. The van der Waals surface area contributed by atoms with Crippen LogP contribution in [0.15, 0.2) is 29.2 Å². The number of amides is 1. The van der Waals surface area contributed by atoms with Gasteiger partial charge in [-0.25, -0.2) is 0 Å². The lowest BCUT2D eigenvalue weighted by atomic mass is 9.96. The normalized spacial score (nSPS) is 24.2. The van der Waals surface area contributed by atoms with Crippen LogP contribution in [0.5, 0.6) is 0 Å². The van der Waals surface area contributed by atoms with Gasteiger partial charge in [0, 0.05) is 11.4 Å². The first kappa shape index (κ1) is 14.4. The largest absolute Gasteiger partial charge is 0.349 e. The minimum atomic E-state index is 0.0659. The number of carbonyl (C=O) groups excluding carboxylic acids is 1. The second kappa shape index (κ2) is 6.44. The van der Waals surface area contributed by atoms with Gasteiger partial charge in [-0.2, -0.15) is 0 Å². The molecule has 1 heterocycles. The second-order valence-corrected chi connectivity index (χ2v) is 6.13. The second-order valence-electron chi connectivity index (χ2n) is 5.25. The first-order valence-corrected chi connectivity index (χ1v) is 7.99. The third kappa shape index (κ3) is 3.51. The Hall–Kier alpha value is -1.00. The summed E-state index contributed by atoms with van der Waals surface area (Å²) in [6.07, 6.45) is 2.06. The summed E-state index contributed by atoms with van der Waals surface area (Å²) >= 11 is 1.73. The number of carbonyl (C=O) groups is 1. The van der Waals surface area contributed by atoms with E-state index in [1.807, 2.05) is 6.92 Å². The molecule has 3 nitrogen and oxygen atoms in total. The molecule has 3 atom stereocenters. The first-order chi connectivity index (χ1) is 9.11. The predicted octanol–water partition coefficient (Wildman–Crippen LogP) is 2.44.